The molecule has 1 saturated heterocycles. The Hall–Kier alpha value is -1.47. The minimum absolute atomic E-state index is 0.181. The van der Waals surface area contributed by atoms with Crippen molar-refractivity contribution < 1.29 is 13.5 Å². The van der Waals surface area contributed by atoms with Gasteiger partial charge in [0, 0.05) is 18.5 Å². The average molecular weight is 312 g/mol. The lowest BCUT2D eigenvalue weighted by Crippen LogP contribution is -2.18. The molecule has 2 aromatic rings. The average Bonchev–Trinajstić information content (AvgIpc) is 2.50. The first-order chi connectivity index (χ1) is 10.1. The van der Waals surface area contributed by atoms with Gasteiger partial charge in [0.15, 0.2) is 11.6 Å². The molecule has 0 saturated carbocycles. The lowest BCUT2D eigenvalue weighted by molar-refractivity contribution is 0.1000. The van der Waals surface area contributed by atoms with Gasteiger partial charge in [-0.25, -0.2) is 13.8 Å². The summed E-state index contributed by atoms with van der Waals surface area (Å²) < 4.78 is 32.1. The van der Waals surface area contributed by atoms with E-state index < -0.39 is 17.2 Å². The summed E-state index contributed by atoms with van der Waals surface area (Å²) >= 11 is 1.69. The highest BCUT2D eigenvalue weighted by Gasteiger charge is 2.16. The quantitative estimate of drug-likeness (QED) is 0.946. The number of rotatable bonds is 3. The fourth-order valence-corrected chi connectivity index (χ4v) is 3.38. The van der Waals surface area contributed by atoms with E-state index in [0.29, 0.717) is 16.8 Å². The summed E-state index contributed by atoms with van der Waals surface area (Å²) in [6.45, 7) is 1.51. The molecule has 0 atom stereocenters. The first kappa shape index (κ1) is 14.5. The van der Waals surface area contributed by atoms with E-state index in [1.807, 2.05) is 0 Å². The molecule has 2 heterocycles. The number of H-pyrrole nitrogens is 1. The summed E-state index contributed by atoms with van der Waals surface area (Å²) in [5.41, 5.74) is -0.459. The van der Waals surface area contributed by atoms with E-state index in [1.165, 1.54) is 6.07 Å². The van der Waals surface area contributed by atoms with E-state index in [2.05, 4.69) is 9.97 Å². The highest BCUT2D eigenvalue weighted by Crippen LogP contribution is 2.25. The topological polar surface area (TPSA) is 55.0 Å². The SMILES string of the molecule is O=c1[nH]c(CSC2CCOCC2)nc2ccc(F)c(F)c12. The fraction of sp³-hybridized carbons (Fsp3) is 0.429. The number of benzene rings is 1. The number of fused-ring (bicyclic) bond motifs is 1. The summed E-state index contributed by atoms with van der Waals surface area (Å²) in [4.78, 5) is 18.6. The van der Waals surface area contributed by atoms with E-state index in [4.69, 9.17) is 4.74 Å². The Bertz CT molecular complexity index is 714. The Morgan fingerprint density at radius 1 is 1.33 bits per heavy atom. The highest BCUT2D eigenvalue weighted by molar-refractivity contribution is 7.99. The zero-order chi connectivity index (χ0) is 14.8. The maximum atomic E-state index is 13.6. The lowest BCUT2D eigenvalue weighted by Gasteiger charge is -2.21. The summed E-state index contributed by atoms with van der Waals surface area (Å²) in [5, 5.41) is 0.152. The molecule has 112 valence electrons. The maximum absolute atomic E-state index is 13.6. The van der Waals surface area contributed by atoms with Crippen molar-refractivity contribution in [3.8, 4) is 0 Å². The van der Waals surface area contributed by atoms with Gasteiger partial charge in [-0.2, -0.15) is 11.8 Å². The van der Waals surface area contributed by atoms with Crippen molar-refractivity contribution in [3.05, 3.63) is 39.9 Å². The Morgan fingerprint density at radius 3 is 2.86 bits per heavy atom. The van der Waals surface area contributed by atoms with Crippen molar-refractivity contribution in [1.82, 2.24) is 9.97 Å². The van der Waals surface area contributed by atoms with E-state index in [1.54, 1.807) is 11.8 Å². The maximum Gasteiger partial charge on any atom is 0.261 e. The van der Waals surface area contributed by atoms with Crippen molar-refractivity contribution >= 4 is 22.7 Å². The summed E-state index contributed by atoms with van der Waals surface area (Å²) in [5.74, 6) is -1.17. The van der Waals surface area contributed by atoms with E-state index in [9.17, 15) is 13.6 Å². The summed E-state index contributed by atoms with van der Waals surface area (Å²) in [6.07, 6.45) is 1.95. The summed E-state index contributed by atoms with van der Waals surface area (Å²) in [7, 11) is 0. The van der Waals surface area contributed by atoms with Crippen LogP contribution in [0.4, 0.5) is 8.78 Å². The molecule has 1 aliphatic heterocycles. The molecule has 1 aromatic heterocycles. The minimum atomic E-state index is -1.15. The van der Waals surface area contributed by atoms with Gasteiger partial charge in [-0.15, -0.1) is 0 Å². The van der Waals surface area contributed by atoms with Gasteiger partial charge in [0.05, 0.1) is 11.3 Å². The normalized spacial score (nSPS) is 16.5. The zero-order valence-corrected chi connectivity index (χ0v) is 12.0. The molecule has 1 aliphatic rings. The standard InChI is InChI=1S/C14H14F2N2O2S/c15-9-1-2-10-12(13(9)16)14(19)18-11(17-10)7-21-8-3-5-20-6-4-8/h1-2,8H,3-7H2,(H,17,18,19). The number of halogens is 2. The van der Waals surface area contributed by atoms with Gasteiger partial charge >= 0.3 is 0 Å². The Kier molecular flexibility index (Phi) is 4.21. The van der Waals surface area contributed by atoms with Crippen LogP contribution in [0.15, 0.2) is 16.9 Å². The number of nitrogens with one attached hydrogen (secondary N) is 1. The third kappa shape index (κ3) is 3.08. The molecule has 0 bridgehead atoms. The first-order valence-electron chi connectivity index (χ1n) is 6.71. The van der Waals surface area contributed by atoms with Crippen LogP contribution in [0.25, 0.3) is 10.9 Å². The Morgan fingerprint density at radius 2 is 2.10 bits per heavy atom. The van der Waals surface area contributed by atoms with Crippen LogP contribution in [-0.2, 0) is 10.5 Å². The number of thioether (sulfide) groups is 1. The molecule has 0 unspecified atom stereocenters. The van der Waals surface area contributed by atoms with Gasteiger partial charge < -0.3 is 9.72 Å². The predicted octanol–water partition coefficient (Wildman–Crippen LogP) is 2.61. The second-order valence-corrected chi connectivity index (χ2v) is 6.18. The van der Waals surface area contributed by atoms with Gasteiger partial charge in [0.1, 0.15) is 11.2 Å². The van der Waals surface area contributed by atoms with Crippen molar-refractivity contribution in [3.63, 3.8) is 0 Å². The van der Waals surface area contributed by atoms with Crippen LogP contribution in [0.5, 0.6) is 0 Å². The van der Waals surface area contributed by atoms with Crippen LogP contribution in [0.3, 0.4) is 0 Å². The van der Waals surface area contributed by atoms with Crippen LogP contribution in [-0.4, -0.2) is 28.4 Å². The molecular weight excluding hydrogens is 298 g/mol. The van der Waals surface area contributed by atoms with E-state index in [0.717, 1.165) is 32.1 Å². The van der Waals surface area contributed by atoms with Gasteiger partial charge in [-0.1, -0.05) is 0 Å². The Balaban J connectivity index is 1.83. The Labute approximate surface area is 123 Å². The molecular formula is C14H14F2N2O2S. The van der Waals surface area contributed by atoms with Crippen LogP contribution < -0.4 is 5.56 Å². The number of nitrogens with zero attached hydrogens (tertiary/aromatic N) is 1. The van der Waals surface area contributed by atoms with E-state index >= 15 is 0 Å². The molecule has 1 fully saturated rings. The second-order valence-electron chi connectivity index (χ2n) is 4.89. The van der Waals surface area contributed by atoms with Crippen LogP contribution >= 0.6 is 11.8 Å². The van der Waals surface area contributed by atoms with Crippen molar-refractivity contribution in [1.29, 1.82) is 0 Å². The van der Waals surface area contributed by atoms with Crippen LogP contribution in [0, 0.1) is 11.6 Å². The molecule has 0 aliphatic carbocycles. The molecule has 0 spiro atoms. The molecule has 1 aromatic carbocycles. The molecule has 0 amide bonds. The molecule has 3 rings (SSSR count). The van der Waals surface area contributed by atoms with Gasteiger partial charge in [-0.3, -0.25) is 4.79 Å². The minimum Gasteiger partial charge on any atom is -0.381 e. The number of aromatic amines is 1. The monoisotopic (exact) mass is 312 g/mol. The van der Waals surface area contributed by atoms with Crippen molar-refractivity contribution in [2.24, 2.45) is 0 Å². The number of hydrogen-bond donors (Lipinski definition) is 1. The first-order valence-corrected chi connectivity index (χ1v) is 7.76. The zero-order valence-electron chi connectivity index (χ0n) is 11.2. The number of aromatic nitrogens is 2. The third-order valence-electron chi connectivity index (χ3n) is 3.44. The van der Waals surface area contributed by atoms with Crippen LogP contribution in [0.1, 0.15) is 18.7 Å². The second kappa shape index (κ2) is 6.11. The smallest absolute Gasteiger partial charge is 0.261 e. The van der Waals surface area contributed by atoms with Crippen LogP contribution in [0.2, 0.25) is 0 Å². The molecule has 21 heavy (non-hydrogen) atoms. The molecule has 1 N–H and O–H groups in total. The van der Waals surface area contributed by atoms with Crippen molar-refractivity contribution in [2.75, 3.05) is 13.2 Å². The molecule has 4 nitrogen and oxygen atoms in total. The van der Waals surface area contributed by atoms with Gasteiger partial charge in [0.2, 0.25) is 0 Å². The lowest BCUT2D eigenvalue weighted by atomic mass is 10.2. The highest BCUT2D eigenvalue weighted by atomic mass is 32.2. The van der Waals surface area contributed by atoms with E-state index in [-0.39, 0.29) is 10.9 Å². The molecule has 0 radical (unpaired) electrons. The third-order valence-corrected chi connectivity index (χ3v) is 4.82. The fourth-order valence-electron chi connectivity index (χ4n) is 2.32. The number of hydrogen-bond acceptors (Lipinski definition) is 4. The molecule has 7 heteroatoms. The largest absolute Gasteiger partial charge is 0.381 e. The summed E-state index contributed by atoms with van der Waals surface area (Å²) in [6, 6.07) is 2.31. The van der Waals surface area contributed by atoms with Crippen molar-refractivity contribution in [2.45, 2.75) is 23.8 Å². The number of ether oxygens (including phenoxy) is 1. The van der Waals surface area contributed by atoms with Gasteiger partial charge in [0.25, 0.3) is 5.56 Å². The predicted molar refractivity (Wildman–Crippen MR) is 77.4 cm³/mol. The van der Waals surface area contributed by atoms with Gasteiger partial charge in [-0.05, 0) is 25.0 Å².